The molecule has 0 aromatic heterocycles. The van der Waals surface area contributed by atoms with Gasteiger partial charge < -0.3 is 89.0 Å². The number of fused-ring (bicyclic) bond motifs is 7. The summed E-state index contributed by atoms with van der Waals surface area (Å²) in [7, 11) is 0. The van der Waals surface area contributed by atoms with Crippen LogP contribution in [0.25, 0.3) is 0 Å². The van der Waals surface area contributed by atoms with Gasteiger partial charge in [-0.05, 0) is 92.8 Å². The molecule has 18 nitrogen and oxygen atoms in total. The van der Waals surface area contributed by atoms with Gasteiger partial charge in [0.1, 0.15) is 67.1 Å². The Morgan fingerprint density at radius 2 is 1.35 bits per heavy atom. The smallest absolute Gasteiger partial charge is 0.187 e. The van der Waals surface area contributed by atoms with Crippen LogP contribution in [-0.4, -0.2) is 188 Å². The van der Waals surface area contributed by atoms with Crippen LogP contribution in [-0.2, 0) is 37.9 Å². The molecule has 26 atom stereocenters. The molecule has 10 N–H and O–H groups in total. The summed E-state index contributed by atoms with van der Waals surface area (Å²) < 4.78 is 49.8. The molecule has 63 heavy (non-hydrogen) atoms. The van der Waals surface area contributed by atoms with Gasteiger partial charge in [0.15, 0.2) is 24.7 Å². The van der Waals surface area contributed by atoms with E-state index < -0.39 is 117 Å². The fourth-order valence-electron chi connectivity index (χ4n) is 14.1. The van der Waals surface area contributed by atoms with E-state index in [0.29, 0.717) is 43.1 Å². The molecule has 3 saturated carbocycles. The molecule has 18 heteroatoms. The minimum absolute atomic E-state index is 0.0603. The van der Waals surface area contributed by atoms with Crippen LogP contribution in [0.4, 0.5) is 0 Å². The first-order chi connectivity index (χ1) is 30.0. The summed E-state index contributed by atoms with van der Waals surface area (Å²) in [6.07, 6.45) is -12.8. The van der Waals surface area contributed by atoms with Crippen LogP contribution in [0.1, 0.15) is 85.5 Å². The van der Waals surface area contributed by atoms with E-state index in [1.165, 1.54) is 12.5 Å². The highest BCUT2D eigenvalue weighted by Crippen LogP contribution is 2.70. The maximum Gasteiger partial charge on any atom is 0.187 e. The molecule has 0 aromatic carbocycles. The molecule has 0 radical (unpaired) electrons. The van der Waals surface area contributed by atoms with E-state index in [2.05, 4.69) is 26.8 Å². The molecule has 360 valence electrons. The number of ether oxygens (including phenoxy) is 8. The number of aliphatic hydroxyl groups is 10. The average Bonchev–Trinajstić information content (AvgIpc) is 3.72. The first-order valence-corrected chi connectivity index (χ1v) is 23.5. The predicted molar refractivity (Wildman–Crippen MR) is 216 cm³/mol. The molecule has 0 bridgehead atoms. The largest absolute Gasteiger partial charge is 0.396 e. The summed E-state index contributed by atoms with van der Waals surface area (Å²) in [6, 6.07) is 0. The van der Waals surface area contributed by atoms with Crippen molar-refractivity contribution in [1.82, 2.24) is 0 Å². The Morgan fingerprint density at radius 3 is 2.03 bits per heavy atom. The highest BCUT2D eigenvalue weighted by atomic mass is 16.8. The van der Waals surface area contributed by atoms with E-state index in [1.54, 1.807) is 0 Å². The van der Waals surface area contributed by atoms with E-state index in [9.17, 15) is 51.1 Å². The Kier molecular flexibility index (Phi) is 13.3. The van der Waals surface area contributed by atoms with Crippen molar-refractivity contribution in [1.29, 1.82) is 0 Å². The average molecular weight is 901 g/mol. The Bertz CT molecular complexity index is 1630. The van der Waals surface area contributed by atoms with Gasteiger partial charge in [-0.15, -0.1) is 0 Å². The number of hydrogen-bond donors (Lipinski definition) is 10. The standard InChI is InChI=1S/C45H72O18/c1-19-30-27(63-45(19)12-7-21(15-46)18-56-45)14-26-24-6-5-22-13-23(8-10-43(22,3)25(24)9-11-44(26,30)4)58-42-39(62-40-35(53)33(51)31(49)20(2)57-40)37(55)38(29(17-48)60-42)61-41-36(54)34(52)32(50)28(16-47)59-41/h5,19-21,23-42,46-55H,6-18H2,1-4H3/t19-,20-,21+,23-,24+,25-,26-,27-,28+,29+,30-,31-,32+,33+,34-,35+,36+,37-,38+,39+,40-,41-,42+,43-,44-,45+/m0/s1. The number of allylic oxidation sites excluding steroid dienone is 1. The van der Waals surface area contributed by atoms with E-state index in [0.717, 1.165) is 44.9 Å². The highest BCUT2D eigenvalue weighted by molar-refractivity contribution is 5.26. The molecule has 4 aliphatic carbocycles. The van der Waals surface area contributed by atoms with Crippen LogP contribution in [0, 0.1) is 46.3 Å². The first-order valence-electron chi connectivity index (χ1n) is 23.5. The topological polar surface area (TPSA) is 276 Å². The lowest BCUT2D eigenvalue weighted by atomic mass is 9.47. The summed E-state index contributed by atoms with van der Waals surface area (Å²) in [6.45, 7) is 7.97. The van der Waals surface area contributed by atoms with E-state index >= 15 is 0 Å². The minimum atomic E-state index is -1.82. The molecule has 8 fully saturated rings. The predicted octanol–water partition coefficient (Wildman–Crippen LogP) is -0.813. The molecule has 1 spiro atoms. The van der Waals surface area contributed by atoms with Gasteiger partial charge >= 0.3 is 0 Å². The van der Waals surface area contributed by atoms with E-state index in [4.69, 9.17) is 37.9 Å². The summed E-state index contributed by atoms with van der Waals surface area (Å²) in [5.41, 5.74) is 1.39. The normalized spacial score (nSPS) is 56.9. The number of aliphatic hydroxyl groups excluding tert-OH is 10. The lowest BCUT2D eigenvalue weighted by molar-refractivity contribution is -0.389. The Morgan fingerprint density at radius 1 is 0.667 bits per heavy atom. The van der Waals surface area contributed by atoms with Crippen LogP contribution in [0.2, 0.25) is 0 Å². The minimum Gasteiger partial charge on any atom is -0.396 e. The third-order valence-electron chi connectivity index (χ3n) is 17.8. The maximum absolute atomic E-state index is 12.0. The monoisotopic (exact) mass is 900 g/mol. The van der Waals surface area contributed by atoms with Gasteiger partial charge in [0, 0.05) is 24.9 Å². The van der Waals surface area contributed by atoms with Gasteiger partial charge in [0.2, 0.25) is 0 Å². The van der Waals surface area contributed by atoms with Crippen molar-refractivity contribution >= 4 is 0 Å². The summed E-state index contributed by atoms with van der Waals surface area (Å²) in [4.78, 5) is 0. The lowest BCUT2D eigenvalue weighted by Crippen LogP contribution is -2.67. The van der Waals surface area contributed by atoms with Crippen LogP contribution in [0.5, 0.6) is 0 Å². The first kappa shape index (κ1) is 47.1. The zero-order valence-electron chi connectivity index (χ0n) is 36.8. The van der Waals surface area contributed by atoms with Gasteiger partial charge in [-0.2, -0.15) is 0 Å². The Balaban J connectivity index is 0.912. The van der Waals surface area contributed by atoms with Crippen molar-refractivity contribution in [3.05, 3.63) is 11.6 Å². The second-order valence-electron chi connectivity index (χ2n) is 21.0. The van der Waals surface area contributed by atoms with Gasteiger partial charge in [-0.3, -0.25) is 0 Å². The van der Waals surface area contributed by atoms with Crippen molar-refractivity contribution in [3.63, 3.8) is 0 Å². The molecule has 9 rings (SSSR count). The van der Waals surface area contributed by atoms with Crippen LogP contribution in [0.3, 0.4) is 0 Å². The van der Waals surface area contributed by atoms with E-state index in [1.807, 2.05) is 0 Å². The van der Waals surface area contributed by atoms with Crippen molar-refractivity contribution in [2.24, 2.45) is 46.3 Å². The van der Waals surface area contributed by atoms with Crippen molar-refractivity contribution < 1.29 is 89.0 Å². The molecular weight excluding hydrogens is 828 g/mol. The third-order valence-corrected chi connectivity index (χ3v) is 17.8. The molecule has 9 aliphatic rings. The third kappa shape index (κ3) is 7.81. The molecule has 0 aromatic rings. The zero-order chi connectivity index (χ0) is 44.9. The zero-order valence-corrected chi connectivity index (χ0v) is 36.8. The summed E-state index contributed by atoms with van der Waals surface area (Å²) >= 11 is 0. The van der Waals surface area contributed by atoms with Crippen LogP contribution >= 0.6 is 0 Å². The fraction of sp³-hybridized carbons (Fsp3) is 0.956. The van der Waals surface area contributed by atoms with Crippen molar-refractivity contribution in [3.8, 4) is 0 Å². The molecular formula is C45H72O18. The molecule has 0 unspecified atom stereocenters. The SMILES string of the molecule is C[C@@H]1O[C@@H](O[C@H]2[C@H](O[C@H]3CC[C@@]4(C)C(=CC[C@H]5[C@@H]6C[C@@H]7O[C@]8(CC[C@H](CO)CO8)[C@@H](C)[C@@H]7[C@@]6(C)CC[C@@H]54)C3)O[C@H](CO)[C@@H](O[C@@H]3O[C@H](CO)[C@@H](O)[C@H](O)[C@H]3O)[C@@H]2O)[C@H](O)[C@H](O)[C@H]1O. The molecule has 5 aliphatic heterocycles. The molecule has 5 heterocycles. The fourth-order valence-corrected chi connectivity index (χ4v) is 14.1. The second kappa shape index (κ2) is 17.8. The number of hydrogen-bond acceptors (Lipinski definition) is 18. The van der Waals surface area contributed by atoms with Gasteiger partial charge in [0.25, 0.3) is 0 Å². The summed E-state index contributed by atoms with van der Waals surface area (Å²) in [5, 5.41) is 105. The quantitative estimate of drug-likeness (QED) is 0.127. The lowest BCUT2D eigenvalue weighted by Gasteiger charge is -2.59. The second-order valence-corrected chi connectivity index (χ2v) is 21.0. The van der Waals surface area contributed by atoms with E-state index in [-0.39, 0.29) is 35.4 Å². The summed E-state index contributed by atoms with van der Waals surface area (Å²) in [5.74, 6) is 1.81. The van der Waals surface area contributed by atoms with Crippen LogP contribution < -0.4 is 0 Å². The van der Waals surface area contributed by atoms with Gasteiger partial charge in [0.05, 0.1) is 38.1 Å². The van der Waals surface area contributed by atoms with Gasteiger partial charge in [-0.1, -0.05) is 32.4 Å². The highest BCUT2D eigenvalue weighted by Gasteiger charge is 2.69. The number of rotatable bonds is 9. The maximum atomic E-state index is 12.0. The van der Waals surface area contributed by atoms with Crippen LogP contribution in [0.15, 0.2) is 11.6 Å². The Hall–Kier alpha value is -0.980. The molecule has 0 amide bonds. The van der Waals surface area contributed by atoms with Crippen molar-refractivity contribution in [2.75, 3.05) is 26.4 Å². The van der Waals surface area contributed by atoms with Crippen molar-refractivity contribution in [2.45, 2.75) is 196 Å². The molecule has 5 saturated heterocycles. The Labute approximate surface area is 368 Å². The van der Waals surface area contributed by atoms with Gasteiger partial charge in [-0.25, -0.2) is 0 Å².